The number of rotatable bonds is 9. The van der Waals surface area contributed by atoms with Gasteiger partial charge in [0.15, 0.2) is 0 Å². The van der Waals surface area contributed by atoms with Crippen LogP contribution in [-0.2, 0) is 15.8 Å². The summed E-state index contributed by atoms with van der Waals surface area (Å²) < 4.78 is 26.9. The summed E-state index contributed by atoms with van der Waals surface area (Å²) in [4.78, 5) is 8.56. The lowest BCUT2D eigenvalue weighted by Gasteiger charge is -2.10. The zero-order valence-electron chi connectivity index (χ0n) is 14.8. The van der Waals surface area contributed by atoms with Crippen molar-refractivity contribution in [1.29, 1.82) is 0 Å². The third-order valence-electron chi connectivity index (χ3n) is 3.39. The molecule has 1 heterocycles. The van der Waals surface area contributed by atoms with Crippen LogP contribution in [0.2, 0.25) is 0 Å². The van der Waals surface area contributed by atoms with Gasteiger partial charge in [-0.15, -0.1) is 0 Å². The number of anilines is 2. The maximum Gasteiger partial charge on any atom is 0.215 e. The van der Waals surface area contributed by atoms with E-state index in [1.807, 2.05) is 45.0 Å². The molecule has 0 unspecified atom stereocenters. The van der Waals surface area contributed by atoms with Crippen molar-refractivity contribution in [3.05, 3.63) is 47.3 Å². The van der Waals surface area contributed by atoms with Gasteiger partial charge in [0.25, 0.3) is 0 Å². The van der Waals surface area contributed by atoms with Crippen molar-refractivity contribution in [3.8, 4) is 0 Å². The standard InChI is InChI=1S/C17H25N5O2S/c1-4-18-16-11-17(22-14(3)21-16)19-8-9-20-25(23,24)12-15-7-5-6-13(2)10-15/h5-7,10-11,20H,4,8-9,12H2,1-3H3,(H2,18,19,21,22). The molecule has 0 atom stereocenters. The third kappa shape index (κ3) is 6.67. The highest BCUT2D eigenvalue weighted by Crippen LogP contribution is 2.10. The van der Waals surface area contributed by atoms with Crippen molar-refractivity contribution < 1.29 is 8.42 Å². The van der Waals surface area contributed by atoms with Crippen molar-refractivity contribution in [1.82, 2.24) is 14.7 Å². The van der Waals surface area contributed by atoms with Crippen LogP contribution in [0, 0.1) is 13.8 Å². The second kappa shape index (κ2) is 8.77. The van der Waals surface area contributed by atoms with Gasteiger partial charge in [-0.1, -0.05) is 29.8 Å². The fourth-order valence-corrected chi connectivity index (χ4v) is 3.53. The first-order chi connectivity index (χ1) is 11.9. The number of nitrogens with zero attached hydrogens (tertiary/aromatic N) is 2. The van der Waals surface area contributed by atoms with E-state index in [2.05, 4.69) is 25.3 Å². The number of hydrogen-bond acceptors (Lipinski definition) is 6. The van der Waals surface area contributed by atoms with E-state index < -0.39 is 10.0 Å². The summed E-state index contributed by atoms with van der Waals surface area (Å²) in [6, 6.07) is 9.30. The molecule has 136 valence electrons. The minimum atomic E-state index is -3.37. The molecule has 0 radical (unpaired) electrons. The Bertz CT molecular complexity index is 808. The molecule has 7 nitrogen and oxygen atoms in total. The lowest BCUT2D eigenvalue weighted by atomic mass is 10.2. The highest BCUT2D eigenvalue weighted by Gasteiger charge is 2.11. The van der Waals surface area contributed by atoms with Gasteiger partial charge in [-0.2, -0.15) is 0 Å². The topological polar surface area (TPSA) is 96.0 Å². The highest BCUT2D eigenvalue weighted by molar-refractivity contribution is 7.88. The number of benzene rings is 1. The van der Waals surface area contributed by atoms with E-state index >= 15 is 0 Å². The van der Waals surface area contributed by atoms with Crippen molar-refractivity contribution >= 4 is 21.7 Å². The van der Waals surface area contributed by atoms with Crippen LogP contribution in [0.1, 0.15) is 23.9 Å². The molecule has 0 spiro atoms. The summed E-state index contributed by atoms with van der Waals surface area (Å²) in [5, 5.41) is 6.24. The molecule has 0 bridgehead atoms. The average molecular weight is 363 g/mol. The van der Waals surface area contributed by atoms with Crippen LogP contribution >= 0.6 is 0 Å². The van der Waals surface area contributed by atoms with Gasteiger partial charge in [0.05, 0.1) is 5.75 Å². The van der Waals surface area contributed by atoms with Crippen molar-refractivity contribution in [2.24, 2.45) is 0 Å². The second-order valence-electron chi connectivity index (χ2n) is 5.79. The van der Waals surface area contributed by atoms with Gasteiger partial charge in [-0.05, 0) is 26.3 Å². The van der Waals surface area contributed by atoms with Crippen molar-refractivity contribution in [3.63, 3.8) is 0 Å². The van der Waals surface area contributed by atoms with Gasteiger partial charge >= 0.3 is 0 Å². The minimum absolute atomic E-state index is 0.0220. The highest BCUT2D eigenvalue weighted by atomic mass is 32.2. The summed E-state index contributed by atoms with van der Waals surface area (Å²) in [6.07, 6.45) is 0. The van der Waals surface area contributed by atoms with Gasteiger partial charge in [0, 0.05) is 25.7 Å². The Hall–Kier alpha value is -2.19. The maximum atomic E-state index is 12.1. The van der Waals surface area contributed by atoms with Crippen LogP contribution in [0.25, 0.3) is 0 Å². The summed E-state index contributed by atoms with van der Waals surface area (Å²) in [6.45, 7) is 7.25. The summed E-state index contributed by atoms with van der Waals surface area (Å²) in [7, 11) is -3.37. The monoisotopic (exact) mass is 363 g/mol. The fraction of sp³-hybridized carbons (Fsp3) is 0.412. The molecule has 3 N–H and O–H groups in total. The van der Waals surface area contributed by atoms with Crippen LogP contribution in [-0.4, -0.2) is 38.0 Å². The molecule has 0 aliphatic heterocycles. The number of aryl methyl sites for hydroxylation is 2. The minimum Gasteiger partial charge on any atom is -0.370 e. The Balaban J connectivity index is 1.84. The van der Waals surface area contributed by atoms with E-state index in [1.165, 1.54) is 0 Å². The summed E-state index contributed by atoms with van der Waals surface area (Å²) in [5.41, 5.74) is 1.83. The quantitative estimate of drug-likeness (QED) is 0.590. The Labute approximate surface area is 149 Å². The molecule has 25 heavy (non-hydrogen) atoms. The molecule has 2 aromatic rings. The number of nitrogens with one attached hydrogen (secondary N) is 3. The largest absolute Gasteiger partial charge is 0.370 e. The predicted octanol–water partition coefficient (Wildman–Crippen LogP) is 2.06. The molecule has 0 fully saturated rings. The first-order valence-electron chi connectivity index (χ1n) is 8.24. The Morgan fingerprint density at radius 1 is 1.00 bits per heavy atom. The molecule has 1 aromatic heterocycles. The molecule has 2 rings (SSSR count). The first-order valence-corrected chi connectivity index (χ1v) is 9.89. The molecular weight excluding hydrogens is 338 g/mol. The SMILES string of the molecule is CCNc1cc(NCCNS(=O)(=O)Cc2cccc(C)c2)nc(C)n1. The Kier molecular flexibility index (Phi) is 6.72. The Morgan fingerprint density at radius 3 is 2.40 bits per heavy atom. The smallest absolute Gasteiger partial charge is 0.215 e. The zero-order chi connectivity index (χ0) is 18.3. The molecule has 0 saturated carbocycles. The van der Waals surface area contributed by atoms with Gasteiger partial charge in [-0.3, -0.25) is 0 Å². The van der Waals surface area contributed by atoms with E-state index in [9.17, 15) is 8.42 Å². The Morgan fingerprint density at radius 2 is 1.72 bits per heavy atom. The first kappa shape index (κ1) is 19.1. The molecule has 1 aromatic carbocycles. The van der Waals surface area contributed by atoms with Crippen molar-refractivity contribution in [2.45, 2.75) is 26.5 Å². The lowest BCUT2D eigenvalue weighted by Crippen LogP contribution is -2.30. The molecule has 0 aliphatic carbocycles. The van der Waals surface area contributed by atoms with E-state index in [0.717, 1.165) is 23.5 Å². The van der Waals surface area contributed by atoms with E-state index in [4.69, 9.17) is 0 Å². The number of sulfonamides is 1. The number of aromatic nitrogens is 2. The van der Waals surface area contributed by atoms with Crippen LogP contribution < -0.4 is 15.4 Å². The summed E-state index contributed by atoms with van der Waals surface area (Å²) >= 11 is 0. The lowest BCUT2D eigenvalue weighted by molar-refractivity contribution is 0.582. The van der Waals surface area contributed by atoms with Crippen molar-refractivity contribution in [2.75, 3.05) is 30.3 Å². The summed E-state index contributed by atoms with van der Waals surface area (Å²) in [5.74, 6) is 2.05. The van der Waals surface area contributed by atoms with Crippen LogP contribution in [0.15, 0.2) is 30.3 Å². The zero-order valence-corrected chi connectivity index (χ0v) is 15.7. The van der Waals surface area contributed by atoms with Gasteiger partial charge in [-0.25, -0.2) is 23.1 Å². The van der Waals surface area contributed by atoms with E-state index in [0.29, 0.717) is 18.2 Å². The average Bonchev–Trinajstić information content (AvgIpc) is 2.51. The van der Waals surface area contributed by atoms with Crippen LogP contribution in [0.3, 0.4) is 0 Å². The molecular formula is C17H25N5O2S. The van der Waals surface area contributed by atoms with Gasteiger partial charge < -0.3 is 10.6 Å². The maximum absolute atomic E-state index is 12.1. The molecule has 8 heteroatoms. The van der Waals surface area contributed by atoms with E-state index in [1.54, 1.807) is 6.07 Å². The molecule has 0 amide bonds. The predicted molar refractivity (Wildman–Crippen MR) is 101 cm³/mol. The fourth-order valence-electron chi connectivity index (χ4n) is 2.40. The molecule has 0 saturated heterocycles. The van der Waals surface area contributed by atoms with Crippen LogP contribution in [0.4, 0.5) is 11.6 Å². The van der Waals surface area contributed by atoms with Crippen LogP contribution in [0.5, 0.6) is 0 Å². The van der Waals surface area contributed by atoms with Gasteiger partial charge in [0.1, 0.15) is 17.5 Å². The normalized spacial score (nSPS) is 11.3. The third-order valence-corrected chi connectivity index (χ3v) is 4.75. The second-order valence-corrected chi connectivity index (χ2v) is 7.59. The molecule has 0 aliphatic rings. The number of hydrogen-bond donors (Lipinski definition) is 3. The van der Waals surface area contributed by atoms with Gasteiger partial charge in [0.2, 0.25) is 10.0 Å². The van der Waals surface area contributed by atoms with E-state index in [-0.39, 0.29) is 12.3 Å².